The number of carbonyl (C=O) groups excluding carboxylic acids is 1. The highest BCUT2D eigenvalue weighted by atomic mass is 35.5. The van der Waals surface area contributed by atoms with Crippen molar-refractivity contribution in [2.45, 2.75) is 19.3 Å². The molecule has 0 aromatic heterocycles. The molecule has 0 unspecified atom stereocenters. The minimum Gasteiger partial charge on any atom is -0.294 e. The molecule has 3 rings (SSSR count). The second-order valence-electron chi connectivity index (χ2n) is 4.28. The van der Waals surface area contributed by atoms with Crippen LogP contribution < -0.4 is 0 Å². The van der Waals surface area contributed by atoms with Crippen LogP contribution in [0.1, 0.15) is 28.8 Å². The maximum atomic E-state index is 11.8. The summed E-state index contributed by atoms with van der Waals surface area (Å²) in [6.45, 7) is 0. The van der Waals surface area contributed by atoms with E-state index < -0.39 is 0 Å². The molecule has 0 saturated heterocycles. The quantitative estimate of drug-likeness (QED) is 0.668. The summed E-state index contributed by atoms with van der Waals surface area (Å²) >= 11 is 5.96. The highest BCUT2D eigenvalue weighted by molar-refractivity contribution is 6.31. The van der Waals surface area contributed by atoms with Crippen molar-refractivity contribution in [1.29, 1.82) is 0 Å². The zero-order chi connectivity index (χ0) is 11.1. The molecule has 1 aliphatic rings. The van der Waals surface area contributed by atoms with E-state index >= 15 is 0 Å². The van der Waals surface area contributed by atoms with Gasteiger partial charge in [0.2, 0.25) is 0 Å². The summed E-state index contributed by atoms with van der Waals surface area (Å²) in [5.74, 6) is 0.276. The normalized spacial score (nSPS) is 15.2. The summed E-state index contributed by atoms with van der Waals surface area (Å²) in [7, 11) is 0. The maximum Gasteiger partial charge on any atom is 0.163 e. The third kappa shape index (κ3) is 1.52. The fourth-order valence-corrected chi connectivity index (χ4v) is 2.54. The number of carbonyl (C=O) groups is 1. The second-order valence-corrected chi connectivity index (χ2v) is 4.71. The second kappa shape index (κ2) is 3.60. The number of fused-ring (bicyclic) bond motifs is 2. The van der Waals surface area contributed by atoms with Gasteiger partial charge in [-0.1, -0.05) is 23.7 Å². The molecule has 0 saturated carbocycles. The van der Waals surface area contributed by atoms with Gasteiger partial charge in [-0.05, 0) is 47.4 Å². The summed E-state index contributed by atoms with van der Waals surface area (Å²) in [4.78, 5) is 11.8. The average Bonchev–Trinajstić information content (AvgIpc) is 2.27. The van der Waals surface area contributed by atoms with Gasteiger partial charge in [-0.2, -0.15) is 0 Å². The number of benzene rings is 2. The fourth-order valence-electron chi connectivity index (χ4n) is 2.36. The van der Waals surface area contributed by atoms with E-state index in [0.717, 1.165) is 34.2 Å². The van der Waals surface area contributed by atoms with Crippen LogP contribution in [0, 0.1) is 0 Å². The third-order valence-electron chi connectivity index (χ3n) is 3.17. The van der Waals surface area contributed by atoms with E-state index in [1.165, 1.54) is 5.56 Å². The van der Waals surface area contributed by atoms with Gasteiger partial charge in [0.05, 0.1) is 0 Å². The number of aryl methyl sites for hydroxylation is 1. The van der Waals surface area contributed by atoms with Crippen LogP contribution in [0.5, 0.6) is 0 Å². The molecule has 16 heavy (non-hydrogen) atoms. The van der Waals surface area contributed by atoms with Crippen LogP contribution in [-0.2, 0) is 6.42 Å². The van der Waals surface area contributed by atoms with Crippen molar-refractivity contribution in [1.82, 2.24) is 0 Å². The van der Waals surface area contributed by atoms with E-state index in [4.69, 9.17) is 11.6 Å². The summed E-state index contributed by atoms with van der Waals surface area (Å²) in [5.41, 5.74) is 2.08. The summed E-state index contributed by atoms with van der Waals surface area (Å²) in [6.07, 6.45) is 2.66. The zero-order valence-corrected chi connectivity index (χ0v) is 9.55. The topological polar surface area (TPSA) is 17.1 Å². The largest absolute Gasteiger partial charge is 0.294 e. The van der Waals surface area contributed by atoms with Crippen LogP contribution >= 0.6 is 11.6 Å². The van der Waals surface area contributed by atoms with Gasteiger partial charge in [-0.15, -0.1) is 0 Å². The van der Waals surface area contributed by atoms with E-state index in [0.29, 0.717) is 6.42 Å². The van der Waals surface area contributed by atoms with Gasteiger partial charge >= 0.3 is 0 Å². The predicted molar refractivity (Wildman–Crippen MR) is 66.2 cm³/mol. The Labute approximate surface area is 99.0 Å². The minimum atomic E-state index is 0.276. The van der Waals surface area contributed by atoms with Crippen molar-refractivity contribution in [2.75, 3.05) is 0 Å². The average molecular weight is 231 g/mol. The van der Waals surface area contributed by atoms with Crippen molar-refractivity contribution in [3.8, 4) is 0 Å². The number of rotatable bonds is 0. The minimum absolute atomic E-state index is 0.276. The molecule has 0 atom stereocenters. The highest BCUT2D eigenvalue weighted by Gasteiger charge is 2.17. The summed E-state index contributed by atoms with van der Waals surface area (Å²) in [5, 5.41) is 2.97. The monoisotopic (exact) mass is 230 g/mol. The number of hydrogen-bond acceptors (Lipinski definition) is 1. The Hall–Kier alpha value is -1.34. The Bertz CT molecular complexity index is 587. The van der Waals surface area contributed by atoms with Crippen LogP contribution in [0.4, 0.5) is 0 Å². The first kappa shape index (κ1) is 9.86. The molecule has 0 aliphatic heterocycles. The van der Waals surface area contributed by atoms with Gasteiger partial charge < -0.3 is 0 Å². The fraction of sp³-hybridized carbons (Fsp3) is 0.214. The third-order valence-corrected chi connectivity index (χ3v) is 3.41. The first-order chi connectivity index (χ1) is 7.74. The van der Waals surface area contributed by atoms with Gasteiger partial charge in [0, 0.05) is 17.0 Å². The molecule has 2 heteroatoms. The smallest absolute Gasteiger partial charge is 0.163 e. The summed E-state index contributed by atoms with van der Waals surface area (Å²) in [6, 6.07) is 9.90. The molecular weight excluding hydrogens is 220 g/mol. The Morgan fingerprint density at radius 1 is 1.00 bits per heavy atom. The van der Waals surface area contributed by atoms with E-state index in [9.17, 15) is 4.79 Å². The first-order valence-corrected chi connectivity index (χ1v) is 5.87. The molecule has 1 nitrogen and oxygen atoms in total. The van der Waals surface area contributed by atoms with E-state index in [1.54, 1.807) is 0 Å². The first-order valence-electron chi connectivity index (χ1n) is 5.49. The van der Waals surface area contributed by atoms with Gasteiger partial charge in [-0.25, -0.2) is 0 Å². The van der Waals surface area contributed by atoms with Crippen LogP contribution in [0.25, 0.3) is 10.8 Å². The zero-order valence-electron chi connectivity index (χ0n) is 8.79. The van der Waals surface area contributed by atoms with Crippen LogP contribution in [-0.4, -0.2) is 5.78 Å². The molecule has 0 spiro atoms. The lowest BCUT2D eigenvalue weighted by molar-refractivity contribution is 0.0972. The molecule has 0 amide bonds. The molecule has 0 radical (unpaired) electrons. The van der Waals surface area contributed by atoms with Crippen LogP contribution in [0.3, 0.4) is 0 Å². The molecule has 1 aliphatic carbocycles. The van der Waals surface area contributed by atoms with Crippen molar-refractivity contribution in [3.05, 3.63) is 46.5 Å². The molecule has 80 valence electrons. The molecule has 0 bridgehead atoms. The van der Waals surface area contributed by atoms with Crippen molar-refractivity contribution >= 4 is 28.2 Å². The predicted octanol–water partition coefficient (Wildman–Crippen LogP) is 4.01. The Kier molecular flexibility index (Phi) is 2.22. The van der Waals surface area contributed by atoms with Crippen molar-refractivity contribution in [2.24, 2.45) is 0 Å². The molecule has 2 aromatic rings. The number of halogens is 1. The van der Waals surface area contributed by atoms with Crippen LogP contribution in [0.15, 0.2) is 30.3 Å². The van der Waals surface area contributed by atoms with Gasteiger partial charge in [0.25, 0.3) is 0 Å². The molecule has 0 fully saturated rings. The molecule has 0 heterocycles. The molecule has 0 N–H and O–H groups in total. The van der Waals surface area contributed by atoms with Gasteiger partial charge in [0.1, 0.15) is 0 Å². The van der Waals surface area contributed by atoms with Crippen molar-refractivity contribution in [3.63, 3.8) is 0 Å². The molecule has 2 aromatic carbocycles. The Morgan fingerprint density at radius 2 is 1.88 bits per heavy atom. The standard InChI is InChI=1S/C14H11ClO/c15-12-5-4-9-8-13-10(6-11(9)7-12)2-1-3-14(13)16/h4-8H,1-3H2. The van der Waals surface area contributed by atoms with E-state index in [1.807, 2.05) is 24.3 Å². The lowest BCUT2D eigenvalue weighted by Crippen LogP contribution is -2.10. The number of Topliss-reactive ketones (excluding diaryl/α,β-unsaturated/α-hetero) is 1. The number of hydrogen-bond donors (Lipinski definition) is 0. The lowest BCUT2D eigenvalue weighted by Gasteiger charge is -2.15. The van der Waals surface area contributed by atoms with E-state index in [-0.39, 0.29) is 5.78 Å². The summed E-state index contributed by atoms with van der Waals surface area (Å²) < 4.78 is 0. The van der Waals surface area contributed by atoms with Gasteiger partial charge in [-0.3, -0.25) is 4.79 Å². The number of ketones is 1. The maximum absolute atomic E-state index is 11.8. The Morgan fingerprint density at radius 3 is 2.75 bits per heavy atom. The molecular formula is C14H11ClO. The van der Waals surface area contributed by atoms with Gasteiger partial charge in [0.15, 0.2) is 5.78 Å². The highest BCUT2D eigenvalue weighted by Crippen LogP contribution is 2.28. The van der Waals surface area contributed by atoms with Crippen molar-refractivity contribution < 1.29 is 4.79 Å². The Balaban J connectivity index is 2.30. The SMILES string of the molecule is O=C1CCCc2cc3cc(Cl)ccc3cc21. The van der Waals surface area contributed by atoms with E-state index in [2.05, 4.69) is 6.07 Å². The lowest BCUT2D eigenvalue weighted by atomic mass is 9.88. The van der Waals surface area contributed by atoms with Crippen LogP contribution in [0.2, 0.25) is 5.02 Å².